The van der Waals surface area contributed by atoms with E-state index in [0.29, 0.717) is 19.3 Å². The molecule has 4 N–H and O–H groups in total. The SMILES string of the molecule is CC(=O)O.CCCCCCCCC(=O)O.CCCCCCCCCC(=O)O.CCCCCCCCCCC(=O)O. The first-order valence-electron chi connectivity index (χ1n) is 15.9. The third-order valence-corrected chi connectivity index (χ3v) is 5.98. The molecule has 0 aromatic heterocycles. The van der Waals surface area contributed by atoms with Crippen LogP contribution < -0.4 is 0 Å². The molecule has 0 heterocycles. The van der Waals surface area contributed by atoms with Gasteiger partial charge in [0.15, 0.2) is 0 Å². The van der Waals surface area contributed by atoms with E-state index >= 15 is 0 Å². The Morgan fingerprint density at radius 1 is 0.350 bits per heavy atom. The molecule has 8 nitrogen and oxygen atoms in total. The van der Waals surface area contributed by atoms with Crippen LogP contribution in [0, 0.1) is 0 Å². The third kappa shape index (κ3) is 70.5. The molecule has 8 heteroatoms. The summed E-state index contributed by atoms with van der Waals surface area (Å²) >= 11 is 0. The van der Waals surface area contributed by atoms with Crippen molar-refractivity contribution in [2.24, 2.45) is 0 Å². The Bertz CT molecular complexity index is 545. The van der Waals surface area contributed by atoms with Gasteiger partial charge in [-0.3, -0.25) is 19.2 Å². The zero-order valence-corrected chi connectivity index (χ0v) is 26.4. The molecule has 0 saturated heterocycles. The first kappa shape index (κ1) is 44.9. The summed E-state index contributed by atoms with van der Waals surface area (Å²) in [4.78, 5) is 39.4. The van der Waals surface area contributed by atoms with E-state index in [1.807, 2.05) is 0 Å². The molecule has 0 spiro atoms. The molecule has 0 radical (unpaired) electrons. The van der Waals surface area contributed by atoms with Crippen molar-refractivity contribution in [3.63, 3.8) is 0 Å². The quantitative estimate of drug-likeness (QED) is 0.0829. The van der Waals surface area contributed by atoms with E-state index < -0.39 is 23.9 Å². The second-order valence-electron chi connectivity index (χ2n) is 10.3. The van der Waals surface area contributed by atoms with Crippen LogP contribution in [0.1, 0.15) is 182 Å². The Balaban J connectivity index is -0.000000228. The van der Waals surface area contributed by atoms with E-state index in [-0.39, 0.29) is 0 Å². The van der Waals surface area contributed by atoms with Gasteiger partial charge in [-0.05, 0) is 19.3 Å². The number of carboxylic acids is 4. The molecule has 0 bridgehead atoms. The Labute approximate surface area is 245 Å². The average molecular weight is 577 g/mol. The lowest BCUT2D eigenvalue weighted by atomic mass is 10.1. The smallest absolute Gasteiger partial charge is 0.303 e. The highest BCUT2D eigenvalue weighted by atomic mass is 16.4. The molecular formula is C32H64O8. The summed E-state index contributed by atoms with van der Waals surface area (Å²) in [7, 11) is 0. The molecule has 0 saturated carbocycles. The van der Waals surface area contributed by atoms with Gasteiger partial charge in [0.1, 0.15) is 0 Å². The van der Waals surface area contributed by atoms with E-state index in [1.165, 1.54) is 96.3 Å². The number of unbranched alkanes of at least 4 members (excludes halogenated alkanes) is 18. The van der Waals surface area contributed by atoms with Crippen molar-refractivity contribution in [2.75, 3.05) is 0 Å². The van der Waals surface area contributed by atoms with Crippen LogP contribution in [0.3, 0.4) is 0 Å². The Morgan fingerprint density at radius 2 is 0.500 bits per heavy atom. The highest BCUT2D eigenvalue weighted by Crippen LogP contribution is 2.10. The molecule has 0 fully saturated rings. The predicted octanol–water partition coefficient (Wildman–Crippen LogP) is 9.73. The highest BCUT2D eigenvalue weighted by Gasteiger charge is 1.97. The van der Waals surface area contributed by atoms with Crippen LogP contribution >= 0.6 is 0 Å². The Morgan fingerprint density at radius 3 is 0.650 bits per heavy atom. The summed E-state index contributed by atoms with van der Waals surface area (Å²) in [6.45, 7) is 7.68. The summed E-state index contributed by atoms with van der Waals surface area (Å²) in [5.41, 5.74) is 0. The number of carbonyl (C=O) groups is 4. The second-order valence-corrected chi connectivity index (χ2v) is 10.3. The zero-order valence-electron chi connectivity index (χ0n) is 26.4. The normalized spacial score (nSPS) is 9.70. The van der Waals surface area contributed by atoms with E-state index in [4.69, 9.17) is 25.2 Å². The van der Waals surface area contributed by atoms with Gasteiger partial charge in [0.05, 0.1) is 0 Å². The van der Waals surface area contributed by atoms with Crippen molar-refractivity contribution in [1.29, 1.82) is 0 Å². The van der Waals surface area contributed by atoms with Crippen molar-refractivity contribution in [3.8, 4) is 0 Å². The van der Waals surface area contributed by atoms with Crippen LogP contribution in [0.25, 0.3) is 0 Å². The Kier molecular flexibility index (Phi) is 46.4. The number of hydrogen-bond donors (Lipinski definition) is 4. The molecular weight excluding hydrogens is 512 g/mol. The minimum Gasteiger partial charge on any atom is -0.481 e. The lowest BCUT2D eigenvalue weighted by molar-refractivity contribution is -0.138. The van der Waals surface area contributed by atoms with Crippen LogP contribution in [0.2, 0.25) is 0 Å². The van der Waals surface area contributed by atoms with Crippen molar-refractivity contribution in [1.82, 2.24) is 0 Å². The molecule has 40 heavy (non-hydrogen) atoms. The first-order valence-corrected chi connectivity index (χ1v) is 15.9. The van der Waals surface area contributed by atoms with Gasteiger partial charge in [-0.15, -0.1) is 0 Å². The maximum atomic E-state index is 10.2. The molecule has 0 aliphatic carbocycles. The molecule has 0 amide bonds. The second kappa shape index (κ2) is 41.4. The molecule has 0 aliphatic rings. The van der Waals surface area contributed by atoms with Crippen LogP contribution in [0.4, 0.5) is 0 Å². The molecule has 0 atom stereocenters. The summed E-state index contributed by atoms with van der Waals surface area (Å²) in [5, 5.41) is 32.5. The number of hydrogen-bond acceptors (Lipinski definition) is 4. The van der Waals surface area contributed by atoms with Gasteiger partial charge < -0.3 is 20.4 Å². The maximum Gasteiger partial charge on any atom is 0.303 e. The van der Waals surface area contributed by atoms with Crippen LogP contribution in [-0.4, -0.2) is 44.3 Å². The van der Waals surface area contributed by atoms with Crippen LogP contribution in [-0.2, 0) is 19.2 Å². The molecule has 0 aromatic rings. The van der Waals surface area contributed by atoms with Gasteiger partial charge in [0.2, 0.25) is 0 Å². The fourth-order valence-corrected chi connectivity index (χ4v) is 3.70. The summed E-state index contributed by atoms with van der Waals surface area (Å²) in [6.07, 6.45) is 25.9. The topological polar surface area (TPSA) is 149 Å². The lowest BCUT2D eigenvalue weighted by Gasteiger charge is -1.99. The summed E-state index contributed by atoms with van der Waals surface area (Å²) in [5.74, 6) is -2.82. The molecule has 0 rings (SSSR count). The third-order valence-electron chi connectivity index (χ3n) is 5.98. The van der Waals surface area contributed by atoms with Gasteiger partial charge in [-0.2, -0.15) is 0 Å². The predicted molar refractivity (Wildman–Crippen MR) is 164 cm³/mol. The van der Waals surface area contributed by atoms with Crippen LogP contribution in [0.15, 0.2) is 0 Å². The highest BCUT2D eigenvalue weighted by molar-refractivity contribution is 5.67. The van der Waals surface area contributed by atoms with Gasteiger partial charge in [0.25, 0.3) is 5.97 Å². The fraction of sp³-hybridized carbons (Fsp3) is 0.875. The summed E-state index contributed by atoms with van der Waals surface area (Å²) < 4.78 is 0. The van der Waals surface area contributed by atoms with Gasteiger partial charge >= 0.3 is 17.9 Å². The van der Waals surface area contributed by atoms with Crippen molar-refractivity contribution in [2.45, 2.75) is 182 Å². The number of carboxylic acid groups (broad SMARTS) is 4. The minimum absolute atomic E-state index is 0.339. The minimum atomic E-state index is -0.833. The van der Waals surface area contributed by atoms with Crippen molar-refractivity contribution < 1.29 is 39.6 Å². The van der Waals surface area contributed by atoms with E-state index in [0.717, 1.165) is 45.4 Å². The Hall–Kier alpha value is -2.12. The van der Waals surface area contributed by atoms with Crippen molar-refractivity contribution in [3.05, 3.63) is 0 Å². The summed E-state index contributed by atoms with van der Waals surface area (Å²) in [6, 6.07) is 0. The molecule has 0 unspecified atom stereocenters. The monoisotopic (exact) mass is 576 g/mol. The molecule has 240 valence electrons. The van der Waals surface area contributed by atoms with Crippen molar-refractivity contribution >= 4 is 23.9 Å². The largest absolute Gasteiger partial charge is 0.481 e. The fourth-order valence-electron chi connectivity index (χ4n) is 3.70. The van der Waals surface area contributed by atoms with Gasteiger partial charge in [-0.1, -0.05) is 136 Å². The lowest BCUT2D eigenvalue weighted by Crippen LogP contribution is -1.93. The van der Waals surface area contributed by atoms with Gasteiger partial charge in [0, 0.05) is 26.2 Å². The number of rotatable bonds is 24. The standard InChI is InChI=1S/C11H22O2.C10H20O2.C9H18O2.C2H4O2/c1-2-3-4-5-6-7-8-9-10-11(12)13;1-2-3-4-5-6-7-8-9-10(11)12;1-2-3-4-5-6-7-8-9(10)11;1-2(3)4/h2-10H2,1H3,(H,12,13);2-9H2,1H3,(H,11,12);2-8H2,1H3,(H,10,11);1H3,(H,3,4). The van der Waals surface area contributed by atoms with E-state index in [1.54, 1.807) is 0 Å². The maximum absolute atomic E-state index is 10.2. The first-order chi connectivity index (χ1) is 19.0. The zero-order chi connectivity index (χ0) is 31.3. The average Bonchev–Trinajstić information content (AvgIpc) is 2.87. The molecule has 0 aliphatic heterocycles. The molecule has 0 aromatic carbocycles. The number of aliphatic carboxylic acids is 4. The van der Waals surface area contributed by atoms with E-state index in [2.05, 4.69) is 20.8 Å². The van der Waals surface area contributed by atoms with Gasteiger partial charge in [-0.25, -0.2) is 0 Å². The van der Waals surface area contributed by atoms with E-state index in [9.17, 15) is 14.4 Å². The van der Waals surface area contributed by atoms with Crippen LogP contribution in [0.5, 0.6) is 0 Å².